The Bertz CT molecular complexity index is 534. The van der Waals surface area contributed by atoms with Gasteiger partial charge in [-0.1, -0.05) is 119 Å². The van der Waals surface area contributed by atoms with Crippen LogP contribution in [0.15, 0.2) is 0 Å². The van der Waals surface area contributed by atoms with Crippen LogP contribution in [0.4, 0.5) is 0 Å². The number of esters is 2. The van der Waals surface area contributed by atoms with Gasteiger partial charge in [-0.3, -0.25) is 0 Å². The van der Waals surface area contributed by atoms with E-state index in [1.807, 2.05) is 0 Å². The molecule has 198 valence electrons. The summed E-state index contributed by atoms with van der Waals surface area (Å²) in [4.78, 5) is 23.2. The summed E-state index contributed by atoms with van der Waals surface area (Å²) in [5.74, 6) is 3.16. The lowest BCUT2D eigenvalue weighted by Crippen LogP contribution is -2.06. The van der Waals surface area contributed by atoms with Crippen molar-refractivity contribution in [3.8, 4) is 11.8 Å². The van der Waals surface area contributed by atoms with Gasteiger partial charge in [-0.15, -0.1) is 0 Å². The fourth-order valence-corrected chi connectivity index (χ4v) is 3.79. The monoisotopic (exact) mass is 478 g/mol. The predicted octanol–water partition coefficient (Wildman–Crippen LogP) is 8.41. The normalized spacial score (nSPS) is 11.6. The zero-order chi connectivity index (χ0) is 25.7. The summed E-state index contributed by atoms with van der Waals surface area (Å²) in [6, 6.07) is 0. The van der Waals surface area contributed by atoms with Gasteiger partial charge in [0.2, 0.25) is 0 Å². The highest BCUT2D eigenvalue weighted by atomic mass is 16.5. The Hall–Kier alpha value is -1.50. The molecule has 0 aliphatic carbocycles. The Kier molecular flexibility index (Phi) is 18.9. The molecule has 0 heterocycles. The minimum Gasteiger partial charge on any atom is -0.456 e. The van der Waals surface area contributed by atoms with Crippen molar-refractivity contribution in [3.63, 3.8) is 0 Å². The number of hydrogen-bond donors (Lipinski definition) is 0. The number of carbonyl (C=O) groups excluding carboxylic acids is 2. The molecule has 0 rings (SSSR count). The number of unbranched alkanes of at least 4 members (excludes halogenated alkanes) is 12. The smallest absolute Gasteiger partial charge is 0.384 e. The first-order valence-corrected chi connectivity index (χ1v) is 13.9. The fourth-order valence-electron chi connectivity index (χ4n) is 3.79. The molecule has 0 aliphatic heterocycles. The van der Waals surface area contributed by atoms with Gasteiger partial charge in [0, 0.05) is 11.8 Å². The van der Waals surface area contributed by atoms with Gasteiger partial charge in [0.05, 0.1) is 13.2 Å². The van der Waals surface area contributed by atoms with Crippen LogP contribution in [0.3, 0.4) is 0 Å². The molecule has 0 N–H and O–H groups in total. The van der Waals surface area contributed by atoms with Crippen LogP contribution in [0, 0.1) is 22.7 Å². The second-order valence-electron chi connectivity index (χ2n) is 12.1. The first kappa shape index (κ1) is 32.5. The number of carbonyl (C=O) groups is 2. The van der Waals surface area contributed by atoms with Crippen LogP contribution >= 0.6 is 0 Å². The second kappa shape index (κ2) is 19.8. The zero-order valence-electron chi connectivity index (χ0n) is 23.4. The minimum atomic E-state index is -0.648. The fraction of sp³-hybridized carbons (Fsp3) is 0.867. The summed E-state index contributed by atoms with van der Waals surface area (Å²) in [5.41, 5.74) is 0.878. The maximum Gasteiger partial charge on any atom is 0.384 e. The highest BCUT2D eigenvalue weighted by Gasteiger charge is 2.09. The van der Waals surface area contributed by atoms with Crippen molar-refractivity contribution in [2.24, 2.45) is 10.8 Å². The molecule has 0 unspecified atom stereocenters. The van der Waals surface area contributed by atoms with Crippen LogP contribution in [0.25, 0.3) is 0 Å². The first-order chi connectivity index (χ1) is 16.0. The van der Waals surface area contributed by atoms with Crippen LogP contribution in [-0.2, 0) is 19.1 Å². The second-order valence-corrected chi connectivity index (χ2v) is 12.1. The molecule has 34 heavy (non-hydrogen) atoms. The van der Waals surface area contributed by atoms with Crippen molar-refractivity contribution < 1.29 is 19.1 Å². The van der Waals surface area contributed by atoms with E-state index in [1.165, 1.54) is 77.0 Å². The highest BCUT2D eigenvalue weighted by molar-refractivity contribution is 5.98. The Balaban J connectivity index is 3.51. The topological polar surface area (TPSA) is 52.6 Å². The van der Waals surface area contributed by atoms with Crippen molar-refractivity contribution in [2.45, 2.75) is 144 Å². The Morgan fingerprint density at radius 2 is 0.735 bits per heavy atom. The van der Waals surface area contributed by atoms with Gasteiger partial charge in [-0.05, 0) is 36.5 Å². The molecule has 0 aromatic carbocycles. The van der Waals surface area contributed by atoms with Crippen molar-refractivity contribution >= 4 is 11.9 Å². The molecule has 0 amide bonds. The molecule has 0 radical (unpaired) electrons. The van der Waals surface area contributed by atoms with E-state index in [9.17, 15) is 9.59 Å². The van der Waals surface area contributed by atoms with E-state index < -0.39 is 11.9 Å². The van der Waals surface area contributed by atoms with Crippen molar-refractivity contribution in [1.82, 2.24) is 0 Å². The molecule has 0 aliphatic rings. The highest BCUT2D eigenvalue weighted by Crippen LogP contribution is 2.23. The maximum atomic E-state index is 11.6. The molecule has 4 heteroatoms. The molecular formula is C30H54O4. The van der Waals surface area contributed by atoms with Gasteiger partial charge >= 0.3 is 11.9 Å². The lowest BCUT2D eigenvalue weighted by Gasteiger charge is -2.17. The third-order valence-corrected chi connectivity index (χ3v) is 5.88. The molecule has 0 bridgehead atoms. The molecule has 0 aromatic rings. The molecule has 0 saturated carbocycles. The number of ether oxygens (including phenoxy) is 2. The summed E-state index contributed by atoms with van der Waals surface area (Å²) in [6.07, 6.45) is 19.0. The molecule has 4 nitrogen and oxygen atoms in total. The van der Waals surface area contributed by atoms with Gasteiger partial charge in [-0.2, -0.15) is 0 Å². The van der Waals surface area contributed by atoms with Crippen LogP contribution in [-0.4, -0.2) is 25.2 Å². The molecule has 0 atom stereocenters. The van der Waals surface area contributed by atoms with E-state index in [2.05, 4.69) is 53.4 Å². The Labute approximate surface area is 211 Å². The van der Waals surface area contributed by atoms with E-state index >= 15 is 0 Å². The van der Waals surface area contributed by atoms with Crippen LogP contribution in [0.1, 0.15) is 144 Å². The number of rotatable bonds is 18. The van der Waals surface area contributed by atoms with Gasteiger partial charge < -0.3 is 9.47 Å². The zero-order valence-corrected chi connectivity index (χ0v) is 23.4. The summed E-state index contributed by atoms with van der Waals surface area (Å²) < 4.78 is 10.1. The number of hydrogen-bond acceptors (Lipinski definition) is 4. The van der Waals surface area contributed by atoms with Crippen LogP contribution in [0.5, 0.6) is 0 Å². The summed E-state index contributed by atoms with van der Waals surface area (Å²) in [5, 5.41) is 0. The van der Waals surface area contributed by atoms with Crippen molar-refractivity contribution in [1.29, 1.82) is 0 Å². The molecule has 0 aromatic heterocycles. The first-order valence-electron chi connectivity index (χ1n) is 13.9. The van der Waals surface area contributed by atoms with E-state index in [0.717, 1.165) is 25.7 Å². The average molecular weight is 479 g/mol. The standard InChI is InChI=1S/C30H54O4/c1-29(2,3)23-17-13-9-7-11-15-19-25-33-27(31)21-22-28(32)34-26-20-16-12-8-10-14-18-24-30(4,5)6/h7-20,23-26H2,1-6H3. The van der Waals surface area contributed by atoms with E-state index in [4.69, 9.17) is 9.47 Å². The molecular weight excluding hydrogens is 424 g/mol. The van der Waals surface area contributed by atoms with Crippen molar-refractivity contribution in [3.05, 3.63) is 0 Å². The lowest BCUT2D eigenvalue weighted by molar-refractivity contribution is -0.138. The summed E-state index contributed by atoms with van der Waals surface area (Å²) in [6.45, 7) is 14.5. The van der Waals surface area contributed by atoms with Crippen molar-refractivity contribution in [2.75, 3.05) is 13.2 Å². The molecule has 0 fully saturated rings. The van der Waals surface area contributed by atoms with E-state index in [1.54, 1.807) is 0 Å². The predicted molar refractivity (Wildman–Crippen MR) is 142 cm³/mol. The van der Waals surface area contributed by atoms with Gasteiger partial charge in [0.1, 0.15) is 0 Å². The Morgan fingerprint density at radius 3 is 1.03 bits per heavy atom. The summed E-state index contributed by atoms with van der Waals surface area (Å²) in [7, 11) is 0. The average Bonchev–Trinajstić information content (AvgIpc) is 2.73. The quantitative estimate of drug-likeness (QED) is 0.0858. The van der Waals surface area contributed by atoms with Gasteiger partial charge in [0.15, 0.2) is 0 Å². The summed E-state index contributed by atoms with van der Waals surface area (Å²) >= 11 is 0. The molecule has 0 saturated heterocycles. The SMILES string of the molecule is CC(C)(C)CCCCCCCCCOC(=O)C#CC(=O)OCCCCCCCCCC(C)(C)C. The molecule has 0 spiro atoms. The maximum absolute atomic E-state index is 11.6. The van der Waals surface area contributed by atoms with Crippen LogP contribution < -0.4 is 0 Å². The van der Waals surface area contributed by atoms with Crippen LogP contribution in [0.2, 0.25) is 0 Å². The third-order valence-electron chi connectivity index (χ3n) is 5.88. The third kappa shape index (κ3) is 26.7. The Morgan fingerprint density at radius 1 is 0.471 bits per heavy atom. The van der Waals surface area contributed by atoms with Gasteiger partial charge in [0.25, 0.3) is 0 Å². The van der Waals surface area contributed by atoms with E-state index in [0.29, 0.717) is 24.0 Å². The minimum absolute atomic E-state index is 0.364. The lowest BCUT2D eigenvalue weighted by atomic mass is 9.89. The largest absolute Gasteiger partial charge is 0.456 e. The van der Waals surface area contributed by atoms with Gasteiger partial charge in [-0.25, -0.2) is 9.59 Å². The van der Waals surface area contributed by atoms with E-state index in [-0.39, 0.29) is 0 Å².